The Hall–Kier alpha value is -5.02. The molecule has 0 bridgehead atoms. The van der Waals surface area contributed by atoms with Crippen LogP contribution >= 0.6 is 0 Å². The number of anilines is 1. The van der Waals surface area contributed by atoms with Crippen molar-refractivity contribution in [3.63, 3.8) is 0 Å². The minimum absolute atomic E-state index is 0.432. The van der Waals surface area contributed by atoms with Crippen LogP contribution in [-0.4, -0.2) is 16.0 Å². The van der Waals surface area contributed by atoms with Crippen molar-refractivity contribution in [3.05, 3.63) is 149 Å². The minimum atomic E-state index is 0.432. The van der Waals surface area contributed by atoms with Crippen molar-refractivity contribution in [2.45, 2.75) is 38.1 Å². The number of benzene rings is 4. The van der Waals surface area contributed by atoms with Gasteiger partial charge in [-0.3, -0.25) is 0 Å². The molecule has 0 N–H and O–H groups in total. The summed E-state index contributed by atoms with van der Waals surface area (Å²) in [6.45, 7) is 0. The molecule has 0 saturated heterocycles. The van der Waals surface area contributed by atoms with Gasteiger partial charge >= 0.3 is 0 Å². The van der Waals surface area contributed by atoms with Gasteiger partial charge in [-0.05, 0) is 78.1 Å². The van der Waals surface area contributed by atoms with Gasteiger partial charge in [0.05, 0.1) is 22.4 Å². The van der Waals surface area contributed by atoms with Crippen LogP contribution in [0.3, 0.4) is 0 Å². The number of nitrogens with zero attached hydrogens (tertiary/aromatic N) is 3. The highest BCUT2D eigenvalue weighted by molar-refractivity contribution is 5.95. The molecule has 3 nitrogen and oxygen atoms in total. The van der Waals surface area contributed by atoms with Crippen LogP contribution in [-0.2, 0) is 6.42 Å². The molecular weight excluding hydrogens is 546 g/mol. The molecule has 0 fully saturated rings. The van der Waals surface area contributed by atoms with E-state index in [-0.39, 0.29) is 0 Å². The molecule has 3 heteroatoms. The molecule has 3 unspecified atom stereocenters. The van der Waals surface area contributed by atoms with Crippen molar-refractivity contribution in [2.75, 3.05) is 4.90 Å². The summed E-state index contributed by atoms with van der Waals surface area (Å²) in [7, 11) is 0. The van der Waals surface area contributed by atoms with Gasteiger partial charge in [0.1, 0.15) is 0 Å². The summed E-state index contributed by atoms with van der Waals surface area (Å²) in [5, 5.41) is 0. The Labute approximate surface area is 264 Å². The number of allylic oxidation sites excluding steroid dienone is 6. The number of aryl methyl sites for hydroxylation is 1. The van der Waals surface area contributed by atoms with Crippen LogP contribution in [0.1, 0.15) is 42.4 Å². The lowest BCUT2D eigenvalue weighted by molar-refractivity contribution is 0.487. The molecule has 0 radical (unpaired) electrons. The molecule has 0 spiro atoms. The third-order valence-electron chi connectivity index (χ3n) is 10.8. The van der Waals surface area contributed by atoms with Crippen LogP contribution in [0.25, 0.3) is 44.7 Å². The summed E-state index contributed by atoms with van der Waals surface area (Å²) < 4.78 is 0. The maximum Gasteiger partial charge on any atom is 0.0973 e. The van der Waals surface area contributed by atoms with Gasteiger partial charge in [-0.25, -0.2) is 9.97 Å². The highest BCUT2D eigenvalue weighted by Gasteiger charge is 2.50. The van der Waals surface area contributed by atoms with E-state index in [4.69, 9.17) is 9.97 Å². The predicted octanol–water partition coefficient (Wildman–Crippen LogP) is 9.82. The predicted molar refractivity (Wildman–Crippen MR) is 184 cm³/mol. The highest BCUT2D eigenvalue weighted by Crippen LogP contribution is 2.59. The first-order valence-corrected chi connectivity index (χ1v) is 16.5. The lowest BCUT2D eigenvalue weighted by atomic mass is 9.72. The Kier molecular flexibility index (Phi) is 5.48. The Bertz CT molecular complexity index is 2150. The summed E-state index contributed by atoms with van der Waals surface area (Å²) in [6.07, 6.45) is 15.2. The lowest BCUT2D eigenvalue weighted by Gasteiger charge is -2.38. The van der Waals surface area contributed by atoms with Gasteiger partial charge in [0.25, 0.3) is 0 Å². The van der Waals surface area contributed by atoms with Gasteiger partial charge in [-0.15, -0.1) is 0 Å². The second kappa shape index (κ2) is 9.74. The molecule has 1 aromatic heterocycles. The van der Waals surface area contributed by atoms with Crippen LogP contribution in [0, 0.1) is 11.8 Å². The van der Waals surface area contributed by atoms with Crippen LogP contribution in [0.4, 0.5) is 5.69 Å². The first-order valence-electron chi connectivity index (χ1n) is 16.5. The minimum Gasteiger partial charge on any atom is -0.341 e. The Morgan fingerprint density at radius 1 is 0.733 bits per heavy atom. The van der Waals surface area contributed by atoms with E-state index in [9.17, 15) is 0 Å². The van der Waals surface area contributed by atoms with Crippen molar-refractivity contribution in [2.24, 2.45) is 11.8 Å². The molecular formula is C42H33N3. The number of fused-ring (bicyclic) bond motifs is 4. The number of hydrogen-bond donors (Lipinski definition) is 0. The van der Waals surface area contributed by atoms with Crippen molar-refractivity contribution in [3.8, 4) is 22.5 Å². The maximum atomic E-state index is 5.36. The zero-order valence-electron chi connectivity index (χ0n) is 25.2. The van der Waals surface area contributed by atoms with Crippen LogP contribution < -0.4 is 4.90 Å². The second-order valence-electron chi connectivity index (χ2n) is 13.1. The summed E-state index contributed by atoms with van der Waals surface area (Å²) in [4.78, 5) is 13.3. The molecule has 216 valence electrons. The van der Waals surface area contributed by atoms with E-state index in [1.807, 2.05) is 0 Å². The molecule has 1 aliphatic heterocycles. The smallest absolute Gasteiger partial charge is 0.0973 e. The van der Waals surface area contributed by atoms with Crippen molar-refractivity contribution in [1.29, 1.82) is 0 Å². The van der Waals surface area contributed by atoms with E-state index in [1.54, 1.807) is 11.1 Å². The van der Waals surface area contributed by atoms with Crippen molar-refractivity contribution >= 4 is 27.9 Å². The topological polar surface area (TPSA) is 29.0 Å². The van der Waals surface area contributed by atoms with Gasteiger partial charge in [0.2, 0.25) is 0 Å². The Morgan fingerprint density at radius 2 is 1.51 bits per heavy atom. The average Bonchev–Trinajstić information content (AvgIpc) is 3.39. The number of aromatic nitrogens is 2. The third-order valence-corrected chi connectivity index (χ3v) is 10.8. The van der Waals surface area contributed by atoms with Gasteiger partial charge in [0, 0.05) is 40.4 Å². The average molecular weight is 580 g/mol. The maximum absolute atomic E-state index is 5.36. The summed E-state index contributed by atoms with van der Waals surface area (Å²) >= 11 is 0. The molecule has 45 heavy (non-hydrogen) atoms. The molecule has 0 saturated carbocycles. The van der Waals surface area contributed by atoms with E-state index in [0.29, 0.717) is 17.9 Å². The van der Waals surface area contributed by atoms with Crippen molar-refractivity contribution < 1.29 is 0 Å². The third kappa shape index (κ3) is 3.70. The quantitative estimate of drug-likeness (QED) is 0.199. The van der Waals surface area contributed by atoms with E-state index in [0.717, 1.165) is 59.2 Å². The van der Waals surface area contributed by atoms with E-state index in [1.165, 1.54) is 40.1 Å². The van der Waals surface area contributed by atoms with Crippen LogP contribution in [0.15, 0.2) is 133 Å². The fourth-order valence-corrected chi connectivity index (χ4v) is 8.97. The zero-order chi connectivity index (χ0) is 29.5. The fraction of sp³-hybridized carbons (Fsp3) is 0.190. The molecule has 10 rings (SSSR count). The largest absolute Gasteiger partial charge is 0.341 e. The van der Waals surface area contributed by atoms with E-state index in [2.05, 4.69) is 126 Å². The highest BCUT2D eigenvalue weighted by atomic mass is 15.2. The summed E-state index contributed by atoms with van der Waals surface area (Å²) in [5.41, 5.74) is 18.0. The van der Waals surface area contributed by atoms with Gasteiger partial charge in [0.15, 0.2) is 0 Å². The van der Waals surface area contributed by atoms with Gasteiger partial charge in [-0.1, -0.05) is 109 Å². The summed E-state index contributed by atoms with van der Waals surface area (Å²) in [5.74, 6) is 0.916. The molecule has 5 aromatic rings. The number of hydrogen-bond acceptors (Lipinski definition) is 3. The normalized spacial score (nSPS) is 22.5. The molecule has 4 aliphatic carbocycles. The summed E-state index contributed by atoms with van der Waals surface area (Å²) in [6, 6.07) is 35.3. The molecule has 2 heterocycles. The molecule has 0 amide bonds. The SMILES string of the molecule is C1=CCC2C(=C1)c1cccc3c1C1=C(CC3)N(c3ccc4nc(-c5ccccc5)c(-c5ccccc5)nc4c3)C3CCC=C2C13. The molecule has 4 aromatic carbocycles. The van der Waals surface area contributed by atoms with E-state index < -0.39 is 0 Å². The lowest BCUT2D eigenvalue weighted by Crippen LogP contribution is -2.37. The second-order valence-corrected chi connectivity index (χ2v) is 13.1. The van der Waals surface area contributed by atoms with Crippen molar-refractivity contribution in [1.82, 2.24) is 9.97 Å². The molecule has 3 atom stereocenters. The zero-order valence-corrected chi connectivity index (χ0v) is 25.2. The van der Waals surface area contributed by atoms with Gasteiger partial charge < -0.3 is 4.90 Å². The van der Waals surface area contributed by atoms with Gasteiger partial charge in [-0.2, -0.15) is 0 Å². The Morgan fingerprint density at radius 3 is 2.31 bits per heavy atom. The Balaban J connectivity index is 1.17. The first kappa shape index (κ1) is 25.3. The first-order chi connectivity index (χ1) is 22.3. The monoisotopic (exact) mass is 579 g/mol. The van der Waals surface area contributed by atoms with E-state index >= 15 is 0 Å². The fourth-order valence-electron chi connectivity index (χ4n) is 8.97. The number of rotatable bonds is 3. The molecule has 5 aliphatic rings. The standard InChI is InChI=1S/C42H33N3/c1-3-11-27(12-4-1)41-42(28-13-5-2-6-14-28)44-35-25-29(22-23-34(35)43-41)45-36-20-10-19-33-31-17-8-7-16-30(31)32-18-9-15-26-21-24-37(45)40(38(26)32)39(33)36/h1-9,11-16,18-19,22-23,25,31,36,39H,10,17,20-21,24H2. The van der Waals surface area contributed by atoms with Crippen LogP contribution in [0.5, 0.6) is 0 Å². The van der Waals surface area contributed by atoms with Crippen LogP contribution in [0.2, 0.25) is 0 Å².